The van der Waals surface area contributed by atoms with Gasteiger partial charge in [-0.15, -0.1) is 0 Å². The van der Waals surface area contributed by atoms with Gasteiger partial charge in [-0.3, -0.25) is 4.79 Å². The van der Waals surface area contributed by atoms with Crippen molar-refractivity contribution in [1.29, 1.82) is 0 Å². The number of benzene rings is 2. The number of carbonyl (C=O) groups excluding carboxylic acids is 1. The number of hydrogen-bond donors (Lipinski definition) is 2. The van der Waals surface area contributed by atoms with Crippen LogP contribution in [0.3, 0.4) is 0 Å². The van der Waals surface area contributed by atoms with Gasteiger partial charge >= 0.3 is 0 Å². The van der Waals surface area contributed by atoms with Crippen molar-refractivity contribution in [1.82, 2.24) is 0 Å². The molecule has 0 saturated heterocycles. The van der Waals surface area contributed by atoms with Gasteiger partial charge in [-0.2, -0.15) is 0 Å². The Balaban J connectivity index is 1.90. The van der Waals surface area contributed by atoms with E-state index in [0.717, 1.165) is 0 Å². The van der Waals surface area contributed by atoms with Crippen molar-refractivity contribution in [3.8, 4) is 5.75 Å². The highest BCUT2D eigenvalue weighted by Gasteiger charge is 2.08. The molecule has 0 unspecified atom stereocenters. The van der Waals surface area contributed by atoms with E-state index >= 15 is 0 Å². The zero-order valence-corrected chi connectivity index (χ0v) is 11.9. The van der Waals surface area contributed by atoms with Crippen LogP contribution in [0, 0.1) is 5.82 Å². The Hall–Kier alpha value is -2.11. The number of anilines is 1. The number of hydrogen-bond acceptors (Lipinski definition) is 3. The normalized spacial score (nSPS) is 10.2. The maximum atomic E-state index is 13.6. The quantitative estimate of drug-likeness (QED) is 0.892. The fraction of sp³-hybridized carbons (Fsp3) is 0.133. The first kappa shape index (κ1) is 15.3. The third kappa shape index (κ3) is 4.44. The maximum Gasteiger partial charge on any atom is 0.262 e. The molecule has 1 amide bonds. The van der Waals surface area contributed by atoms with Gasteiger partial charge in [-0.1, -0.05) is 17.7 Å². The molecule has 2 rings (SSSR count). The molecule has 0 bridgehead atoms. The number of amides is 1. The summed E-state index contributed by atoms with van der Waals surface area (Å²) < 4.78 is 18.8. The predicted octanol–water partition coefficient (Wildman–Crippen LogP) is 2.96. The second kappa shape index (κ2) is 7.06. The number of nitrogens with one attached hydrogen (secondary N) is 1. The van der Waals surface area contributed by atoms with Crippen molar-refractivity contribution in [2.75, 3.05) is 11.9 Å². The fourth-order valence-electron chi connectivity index (χ4n) is 1.66. The average molecular weight is 309 g/mol. The second-order valence-corrected chi connectivity index (χ2v) is 4.75. The topological polar surface area (TPSA) is 64.3 Å². The Morgan fingerprint density at radius 1 is 1.24 bits per heavy atom. The molecule has 6 heteroatoms. The molecular weight excluding hydrogens is 295 g/mol. The molecule has 3 N–H and O–H groups in total. The average Bonchev–Trinajstić information content (AvgIpc) is 2.48. The molecule has 4 nitrogen and oxygen atoms in total. The van der Waals surface area contributed by atoms with Gasteiger partial charge in [0.25, 0.3) is 5.91 Å². The Labute approximate surface area is 126 Å². The van der Waals surface area contributed by atoms with Gasteiger partial charge in [0.2, 0.25) is 0 Å². The van der Waals surface area contributed by atoms with Crippen LogP contribution in [-0.4, -0.2) is 12.5 Å². The Morgan fingerprint density at radius 2 is 1.95 bits per heavy atom. The van der Waals surface area contributed by atoms with Crippen molar-refractivity contribution in [3.63, 3.8) is 0 Å². The highest BCUT2D eigenvalue weighted by molar-refractivity contribution is 6.30. The van der Waals surface area contributed by atoms with Gasteiger partial charge in [0.1, 0.15) is 0 Å². The van der Waals surface area contributed by atoms with Crippen LogP contribution in [-0.2, 0) is 11.3 Å². The zero-order valence-electron chi connectivity index (χ0n) is 11.1. The summed E-state index contributed by atoms with van der Waals surface area (Å²) in [5.74, 6) is -0.921. The first-order chi connectivity index (χ1) is 10.1. The molecule has 21 heavy (non-hydrogen) atoms. The number of carbonyl (C=O) groups is 1. The minimum Gasteiger partial charge on any atom is -0.481 e. The van der Waals surface area contributed by atoms with E-state index in [1.54, 1.807) is 30.3 Å². The summed E-state index contributed by atoms with van der Waals surface area (Å²) in [4.78, 5) is 11.7. The molecular formula is C15H14ClFN2O2. The van der Waals surface area contributed by atoms with E-state index in [0.29, 0.717) is 16.3 Å². The molecule has 110 valence electrons. The molecule has 0 fully saturated rings. The zero-order chi connectivity index (χ0) is 15.2. The highest BCUT2D eigenvalue weighted by Crippen LogP contribution is 2.18. The van der Waals surface area contributed by atoms with Crippen LogP contribution < -0.4 is 15.8 Å². The van der Waals surface area contributed by atoms with E-state index in [9.17, 15) is 9.18 Å². The van der Waals surface area contributed by atoms with Gasteiger partial charge in [0, 0.05) is 17.3 Å². The Kier molecular flexibility index (Phi) is 5.14. The number of ether oxygens (including phenoxy) is 1. The smallest absolute Gasteiger partial charge is 0.262 e. The second-order valence-electron chi connectivity index (χ2n) is 4.31. The van der Waals surface area contributed by atoms with E-state index < -0.39 is 5.82 Å². The van der Waals surface area contributed by atoms with Gasteiger partial charge in [0.05, 0.1) is 0 Å². The largest absolute Gasteiger partial charge is 0.481 e. The molecule has 0 heterocycles. The van der Waals surface area contributed by atoms with Crippen LogP contribution in [0.1, 0.15) is 5.56 Å². The summed E-state index contributed by atoms with van der Waals surface area (Å²) >= 11 is 5.74. The Bertz CT molecular complexity index is 632. The summed E-state index contributed by atoms with van der Waals surface area (Å²) in [5.41, 5.74) is 6.65. The van der Waals surface area contributed by atoms with Crippen LogP contribution >= 0.6 is 11.6 Å². The minimum absolute atomic E-state index is 0.0125. The molecule has 0 aliphatic rings. The van der Waals surface area contributed by atoms with E-state index in [2.05, 4.69) is 5.32 Å². The molecule has 0 aromatic heterocycles. The predicted molar refractivity (Wildman–Crippen MR) is 79.9 cm³/mol. The lowest BCUT2D eigenvalue weighted by atomic mass is 10.2. The van der Waals surface area contributed by atoms with Crippen LogP contribution in [0.2, 0.25) is 5.02 Å². The molecule has 0 saturated carbocycles. The first-order valence-electron chi connectivity index (χ1n) is 6.25. The van der Waals surface area contributed by atoms with Gasteiger partial charge in [-0.05, 0) is 42.0 Å². The van der Waals surface area contributed by atoms with Gasteiger partial charge in [-0.25, -0.2) is 4.39 Å². The molecule has 0 radical (unpaired) electrons. The van der Waals surface area contributed by atoms with E-state index in [1.807, 2.05) is 0 Å². The standard InChI is InChI=1S/C15H14ClFN2O2/c16-11-2-4-12(5-3-11)19-15(20)9-21-14-6-1-10(8-18)7-13(14)17/h1-7H,8-9,18H2,(H,19,20). The molecule has 2 aromatic carbocycles. The van der Waals surface area contributed by atoms with Crippen molar-refractivity contribution in [3.05, 3.63) is 58.9 Å². The number of nitrogens with two attached hydrogens (primary N) is 1. The molecule has 0 aliphatic heterocycles. The summed E-state index contributed by atoms with van der Waals surface area (Å²) in [6.07, 6.45) is 0. The summed E-state index contributed by atoms with van der Waals surface area (Å²) in [5, 5.41) is 3.19. The maximum absolute atomic E-state index is 13.6. The molecule has 0 spiro atoms. The highest BCUT2D eigenvalue weighted by atomic mass is 35.5. The Morgan fingerprint density at radius 3 is 2.57 bits per heavy atom. The number of rotatable bonds is 5. The van der Waals surface area contributed by atoms with Crippen LogP contribution in [0.25, 0.3) is 0 Å². The molecule has 0 atom stereocenters. The summed E-state index contributed by atoms with van der Waals surface area (Å²) in [7, 11) is 0. The van der Waals surface area contributed by atoms with Gasteiger partial charge in [0.15, 0.2) is 18.2 Å². The van der Waals surface area contributed by atoms with Crippen molar-refractivity contribution in [2.24, 2.45) is 5.73 Å². The van der Waals surface area contributed by atoms with Crippen molar-refractivity contribution in [2.45, 2.75) is 6.54 Å². The lowest BCUT2D eigenvalue weighted by Crippen LogP contribution is -2.20. The van der Waals surface area contributed by atoms with E-state index in [4.69, 9.17) is 22.1 Å². The van der Waals surface area contributed by atoms with E-state index in [-0.39, 0.29) is 24.8 Å². The molecule has 2 aromatic rings. The van der Waals surface area contributed by atoms with Crippen LogP contribution in [0.5, 0.6) is 5.75 Å². The van der Waals surface area contributed by atoms with Crippen molar-refractivity contribution < 1.29 is 13.9 Å². The third-order valence-corrected chi connectivity index (χ3v) is 2.97. The first-order valence-corrected chi connectivity index (χ1v) is 6.63. The summed E-state index contributed by atoms with van der Waals surface area (Å²) in [6, 6.07) is 11.0. The summed E-state index contributed by atoms with van der Waals surface area (Å²) in [6.45, 7) is -0.0459. The monoisotopic (exact) mass is 308 g/mol. The fourth-order valence-corrected chi connectivity index (χ4v) is 1.79. The third-order valence-electron chi connectivity index (χ3n) is 2.72. The minimum atomic E-state index is -0.544. The lowest BCUT2D eigenvalue weighted by Gasteiger charge is -2.09. The van der Waals surface area contributed by atoms with Crippen molar-refractivity contribution >= 4 is 23.2 Å². The SMILES string of the molecule is NCc1ccc(OCC(=O)Nc2ccc(Cl)cc2)c(F)c1. The molecule has 0 aliphatic carbocycles. The van der Waals surface area contributed by atoms with Crippen LogP contribution in [0.4, 0.5) is 10.1 Å². The van der Waals surface area contributed by atoms with Crippen LogP contribution in [0.15, 0.2) is 42.5 Å². The lowest BCUT2D eigenvalue weighted by molar-refractivity contribution is -0.118. The van der Waals surface area contributed by atoms with E-state index in [1.165, 1.54) is 12.1 Å². The number of halogens is 2. The van der Waals surface area contributed by atoms with Gasteiger partial charge < -0.3 is 15.8 Å².